The molecule has 1 amide bonds. The number of carbonyl (C=O) groups excluding carboxylic acids is 1. The highest BCUT2D eigenvalue weighted by atomic mass is 16.2. The number of rotatable bonds is 6. The lowest BCUT2D eigenvalue weighted by Crippen LogP contribution is -2.34. The lowest BCUT2D eigenvalue weighted by molar-refractivity contribution is 0.0934. The summed E-state index contributed by atoms with van der Waals surface area (Å²) in [6, 6.07) is 1.88. The summed E-state index contributed by atoms with van der Waals surface area (Å²) in [5.74, 6) is -0.0382. The van der Waals surface area contributed by atoms with Gasteiger partial charge in [-0.2, -0.15) is 5.10 Å². The summed E-state index contributed by atoms with van der Waals surface area (Å²) >= 11 is 0. The fourth-order valence-corrected chi connectivity index (χ4v) is 2.05. The van der Waals surface area contributed by atoms with E-state index < -0.39 is 0 Å². The predicted molar refractivity (Wildman–Crippen MR) is 70.3 cm³/mol. The number of nitrogens with zero attached hydrogens (tertiary/aromatic N) is 2. The highest BCUT2D eigenvalue weighted by Crippen LogP contribution is 2.43. The van der Waals surface area contributed by atoms with Crippen molar-refractivity contribution < 1.29 is 4.79 Å². The molecule has 0 bridgehead atoms. The molecule has 100 valence electrons. The van der Waals surface area contributed by atoms with Crippen molar-refractivity contribution in [2.45, 2.75) is 39.7 Å². The first-order valence-electron chi connectivity index (χ1n) is 6.69. The van der Waals surface area contributed by atoms with Gasteiger partial charge in [0, 0.05) is 18.5 Å². The lowest BCUT2D eigenvalue weighted by atomic mass is 10.1. The standard InChI is InChI=1S/C13H22N4O/c1-3-10-7-11(17(4-2)16-10)12(18)15-9-13(8-14)5-6-13/h7H,3-6,8-9,14H2,1-2H3,(H,15,18). The van der Waals surface area contributed by atoms with Gasteiger partial charge in [-0.05, 0) is 38.8 Å². The van der Waals surface area contributed by atoms with E-state index in [9.17, 15) is 4.79 Å². The van der Waals surface area contributed by atoms with E-state index in [1.807, 2.05) is 19.9 Å². The molecule has 0 atom stereocenters. The monoisotopic (exact) mass is 250 g/mol. The van der Waals surface area contributed by atoms with E-state index in [2.05, 4.69) is 10.4 Å². The quantitative estimate of drug-likeness (QED) is 0.789. The van der Waals surface area contributed by atoms with Crippen LogP contribution in [0.4, 0.5) is 0 Å². The topological polar surface area (TPSA) is 72.9 Å². The van der Waals surface area contributed by atoms with E-state index in [0.717, 1.165) is 25.0 Å². The molecule has 1 aliphatic carbocycles. The molecule has 18 heavy (non-hydrogen) atoms. The first-order chi connectivity index (χ1) is 8.64. The maximum atomic E-state index is 12.1. The number of hydrogen-bond donors (Lipinski definition) is 2. The van der Waals surface area contributed by atoms with Crippen LogP contribution in [0.1, 0.15) is 42.9 Å². The Morgan fingerprint density at radius 3 is 2.78 bits per heavy atom. The van der Waals surface area contributed by atoms with E-state index in [4.69, 9.17) is 5.73 Å². The molecule has 0 radical (unpaired) electrons. The summed E-state index contributed by atoms with van der Waals surface area (Å²) < 4.78 is 1.76. The molecule has 1 aromatic rings. The molecule has 3 N–H and O–H groups in total. The fraction of sp³-hybridized carbons (Fsp3) is 0.692. The van der Waals surface area contributed by atoms with E-state index in [1.165, 1.54) is 0 Å². The third-order valence-electron chi connectivity index (χ3n) is 3.74. The van der Waals surface area contributed by atoms with Crippen molar-refractivity contribution in [2.24, 2.45) is 11.1 Å². The Morgan fingerprint density at radius 2 is 2.28 bits per heavy atom. The van der Waals surface area contributed by atoms with Crippen LogP contribution in [-0.4, -0.2) is 28.8 Å². The van der Waals surface area contributed by atoms with Gasteiger partial charge in [0.15, 0.2) is 0 Å². The van der Waals surface area contributed by atoms with Gasteiger partial charge in [-0.15, -0.1) is 0 Å². The van der Waals surface area contributed by atoms with Gasteiger partial charge in [-0.3, -0.25) is 9.48 Å². The van der Waals surface area contributed by atoms with E-state index in [1.54, 1.807) is 4.68 Å². The molecule has 5 nitrogen and oxygen atoms in total. The zero-order valence-electron chi connectivity index (χ0n) is 11.2. The highest BCUT2D eigenvalue weighted by Gasteiger charge is 2.41. The van der Waals surface area contributed by atoms with Crippen LogP contribution in [0.25, 0.3) is 0 Å². The van der Waals surface area contributed by atoms with Crippen LogP contribution in [0.2, 0.25) is 0 Å². The van der Waals surface area contributed by atoms with E-state index in [0.29, 0.717) is 25.3 Å². The molecule has 0 aliphatic heterocycles. The Bertz CT molecular complexity index is 434. The SMILES string of the molecule is CCc1cc(C(=O)NCC2(CN)CC2)n(CC)n1. The smallest absolute Gasteiger partial charge is 0.269 e. The molecule has 2 rings (SSSR count). The summed E-state index contributed by atoms with van der Waals surface area (Å²) in [4.78, 5) is 12.1. The second-order valence-corrected chi connectivity index (χ2v) is 5.08. The third-order valence-corrected chi connectivity index (χ3v) is 3.74. The van der Waals surface area contributed by atoms with Gasteiger partial charge in [0.25, 0.3) is 5.91 Å². The Balaban J connectivity index is 2.01. The Kier molecular flexibility index (Phi) is 3.71. The molecule has 0 unspecified atom stereocenters. The number of amides is 1. The van der Waals surface area contributed by atoms with Crippen molar-refractivity contribution >= 4 is 5.91 Å². The maximum Gasteiger partial charge on any atom is 0.269 e. The molecular weight excluding hydrogens is 228 g/mol. The van der Waals surface area contributed by atoms with Crippen LogP contribution in [0, 0.1) is 5.41 Å². The van der Waals surface area contributed by atoms with Gasteiger partial charge in [0.05, 0.1) is 5.69 Å². The minimum Gasteiger partial charge on any atom is -0.350 e. The van der Waals surface area contributed by atoms with Crippen LogP contribution in [0.3, 0.4) is 0 Å². The molecule has 0 aromatic carbocycles. The van der Waals surface area contributed by atoms with E-state index >= 15 is 0 Å². The molecule has 1 saturated carbocycles. The number of hydrogen-bond acceptors (Lipinski definition) is 3. The fourth-order valence-electron chi connectivity index (χ4n) is 2.05. The number of nitrogens with two attached hydrogens (primary N) is 1. The summed E-state index contributed by atoms with van der Waals surface area (Å²) in [6.07, 6.45) is 3.09. The number of nitrogens with one attached hydrogen (secondary N) is 1. The van der Waals surface area contributed by atoms with Crippen LogP contribution in [0.15, 0.2) is 6.07 Å². The van der Waals surface area contributed by atoms with Crippen LogP contribution in [-0.2, 0) is 13.0 Å². The van der Waals surface area contributed by atoms with Crippen molar-refractivity contribution in [2.75, 3.05) is 13.1 Å². The molecule has 1 heterocycles. The molecular formula is C13H22N4O. The number of aryl methyl sites for hydroxylation is 2. The largest absolute Gasteiger partial charge is 0.350 e. The van der Waals surface area contributed by atoms with Crippen LogP contribution >= 0.6 is 0 Å². The van der Waals surface area contributed by atoms with E-state index in [-0.39, 0.29) is 11.3 Å². The minimum atomic E-state index is -0.0382. The Labute approximate surface area is 108 Å². The highest BCUT2D eigenvalue weighted by molar-refractivity contribution is 5.92. The Morgan fingerprint density at radius 1 is 1.56 bits per heavy atom. The summed E-state index contributed by atoms with van der Waals surface area (Å²) in [5.41, 5.74) is 7.49. The number of aromatic nitrogens is 2. The second kappa shape index (κ2) is 5.10. The lowest BCUT2D eigenvalue weighted by Gasteiger charge is -2.13. The first kappa shape index (κ1) is 13.1. The van der Waals surface area contributed by atoms with Crippen LogP contribution in [0.5, 0.6) is 0 Å². The molecule has 5 heteroatoms. The zero-order chi connectivity index (χ0) is 13.2. The zero-order valence-corrected chi connectivity index (χ0v) is 11.2. The van der Waals surface area contributed by atoms with Crippen LogP contribution < -0.4 is 11.1 Å². The van der Waals surface area contributed by atoms with Gasteiger partial charge >= 0.3 is 0 Å². The molecule has 1 fully saturated rings. The van der Waals surface area contributed by atoms with Crippen molar-refractivity contribution in [3.63, 3.8) is 0 Å². The third kappa shape index (κ3) is 2.56. The average Bonchev–Trinajstić information content (AvgIpc) is 3.06. The molecule has 1 aromatic heterocycles. The second-order valence-electron chi connectivity index (χ2n) is 5.08. The molecule has 0 spiro atoms. The van der Waals surface area contributed by atoms with Crippen molar-refractivity contribution in [3.8, 4) is 0 Å². The first-order valence-corrected chi connectivity index (χ1v) is 6.69. The molecule has 0 saturated heterocycles. The normalized spacial score (nSPS) is 16.6. The van der Waals surface area contributed by atoms with Crippen molar-refractivity contribution in [1.82, 2.24) is 15.1 Å². The van der Waals surface area contributed by atoms with Crippen molar-refractivity contribution in [3.05, 3.63) is 17.5 Å². The summed E-state index contributed by atoms with van der Waals surface area (Å²) in [5, 5.41) is 7.36. The van der Waals surface area contributed by atoms with Gasteiger partial charge in [-0.25, -0.2) is 0 Å². The van der Waals surface area contributed by atoms with Crippen molar-refractivity contribution in [1.29, 1.82) is 0 Å². The summed E-state index contributed by atoms with van der Waals surface area (Å²) in [7, 11) is 0. The predicted octanol–water partition coefficient (Wildman–Crippen LogP) is 0.934. The molecule has 1 aliphatic rings. The van der Waals surface area contributed by atoms with Gasteiger partial charge in [0.2, 0.25) is 0 Å². The van der Waals surface area contributed by atoms with Gasteiger partial charge in [0.1, 0.15) is 5.69 Å². The maximum absolute atomic E-state index is 12.1. The minimum absolute atomic E-state index is 0.0382. The summed E-state index contributed by atoms with van der Waals surface area (Å²) in [6.45, 7) is 6.08. The van der Waals surface area contributed by atoms with Gasteiger partial charge < -0.3 is 11.1 Å². The van der Waals surface area contributed by atoms with Gasteiger partial charge in [-0.1, -0.05) is 6.92 Å². The average molecular weight is 250 g/mol. The Hall–Kier alpha value is -1.36. The number of carbonyl (C=O) groups is 1.